The molecule has 2 aliphatic rings. The molecule has 1 aromatic rings. The number of thiocarbonyl (C=S) groups is 1. The SMILES string of the molecule is CCCOc1c(OC)cc(C2NC(=S)NC3=C2C(=O)CCC3)cc1OC. The molecule has 0 spiro atoms. The molecule has 2 N–H and O–H groups in total. The van der Waals surface area contributed by atoms with Gasteiger partial charge in [0.2, 0.25) is 5.75 Å². The maximum atomic E-state index is 12.6. The number of benzene rings is 1. The van der Waals surface area contributed by atoms with Gasteiger partial charge in [0.25, 0.3) is 0 Å². The molecule has 7 heteroatoms. The molecule has 1 atom stereocenters. The van der Waals surface area contributed by atoms with Crippen molar-refractivity contribution in [3.8, 4) is 17.2 Å². The Balaban J connectivity index is 2.07. The smallest absolute Gasteiger partial charge is 0.203 e. The van der Waals surface area contributed by atoms with Crippen LogP contribution in [0.2, 0.25) is 0 Å². The average Bonchev–Trinajstić information content (AvgIpc) is 2.65. The van der Waals surface area contributed by atoms with E-state index in [1.54, 1.807) is 14.2 Å². The Labute approximate surface area is 158 Å². The molecule has 0 saturated carbocycles. The predicted molar refractivity (Wildman–Crippen MR) is 103 cm³/mol. The van der Waals surface area contributed by atoms with Crippen molar-refractivity contribution < 1.29 is 19.0 Å². The van der Waals surface area contributed by atoms with Crippen LogP contribution >= 0.6 is 12.2 Å². The maximum absolute atomic E-state index is 12.6. The van der Waals surface area contributed by atoms with Gasteiger partial charge in [-0.2, -0.15) is 0 Å². The van der Waals surface area contributed by atoms with E-state index in [1.165, 1.54) is 0 Å². The van der Waals surface area contributed by atoms with Crippen LogP contribution in [0.4, 0.5) is 0 Å². The molecule has 0 fully saturated rings. The summed E-state index contributed by atoms with van der Waals surface area (Å²) in [5, 5.41) is 6.88. The minimum Gasteiger partial charge on any atom is -0.493 e. The number of carbonyl (C=O) groups is 1. The van der Waals surface area contributed by atoms with E-state index in [4.69, 9.17) is 26.4 Å². The molecule has 1 aliphatic heterocycles. The minimum atomic E-state index is -0.324. The lowest BCUT2D eigenvalue weighted by molar-refractivity contribution is -0.116. The van der Waals surface area contributed by atoms with Crippen molar-refractivity contribution in [2.24, 2.45) is 0 Å². The van der Waals surface area contributed by atoms with Crippen LogP contribution in [-0.4, -0.2) is 31.7 Å². The predicted octanol–water partition coefficient (Wildman–Crippen LogP) is 3.02. The maximum Gasteiger partial charge on any atom is 0.203 e. The molecule has 0 amide bonds. The zero-order chi connectivity index (χ0) is 18.7. The number of Topliss-reactive ketones (excluding diaryl/α,β-unsaturated/α-hetero) is 1. The van der Waals surface area contributed by atoms with Crippen molar-refractivity contribution in [2.45, 2.75) is 38.6 Å². The van der Waals surface area contributed by atoms with E-state index in [0.29, 0.717) is 35.4 Å². The van der Waals surface area contributed by atoms with Crippen LogP contribution in [0.1, 0.15) is 44.2 Å². The van der Waals surface area contributed by atoms with Gasteiger partial charge in [0.05, 0.1) is 26.9 Å². The van der Waals surface area contributed by atoms with E-state index in [-0.39, 0.29) is 11.8 Å². The molecular weight excluding hydrogens is 352 g/mol. The second kappa shape index (κ2) is 7.95. The number of allylic oxidation sites excluding steroid dienone is 1. The summed E-state index contributed by atoms with van der Waals surface area (Å²) < 4.78 is 16.9. The van der Waals surface area contributed by atoms with Gasteiger partial charge in [-0.3, -0.25) is 4.79 Å². The van der Waals surface area contributed by atoms with Crippen molar-refractivity contribution in [3.63, 3.8) is 0 Å². The molecular formula is C19H24N2O4S. The Bertz CT molecular complexity index is 735. The highest BCUT2D eigenvalue weighted by atomic mass is 32.1. The van der Waals surface area contributed by atoms with Crippen LogP contribution in [0, 0.1) is 0 Å². The van der Waals surface area contributed by atoms with Crippen molar-refractivity contribution in [1.29, 1.82) is 0 Å². The Morgan fingerprint density at radius 2 is 1.88 bits per heavy atom. The summed E-state index contributed by atoms with van der Waals surface area (Å²) in [5.74, 6) is 1.86. The van der Waals surface area contributed by atoms with Crippen molar-refractivity contribution in [1.82, 2.24) is 10.6 Å². The van der Waals surface area contributed by atoms with E-state index in [0.717, 1.165) is 36.1 Å². The zero-order valence-corrected chi connectivity index (χ0v) is 16.1. The minimum absolute atomic E-state index is 0.142. The molecule has 140 valence electrons. The van der Waals surface area contributed by atoms with E-state index < -0.39 is 0 Å². The first-order valence-electron chi connectivity index (χ1n) is 8.81. The summed E-state index contributed by atoms with van der Waals surface area (Å²) in [6.07, 6.45) is 3.10. The molecule has 0 saturated heterocycles. The molecule has 1 aliphatic carbocycles. The number of carbonyl (C=O) groups excluding carboxylic acids is 1. The Kier molecular flexibility index (Phi) is 5.66. The van der Waals surface area contributed by atoms with Crippen molar-refractivity contribution in [3.05, 3.63) is 29.0 Å². The van der Waals surface area contributed by atoms with Gasteiger partial charge in [0.1, 0.15) is 0 Å². The van der Waals surface area contributed by atoms with Gasteiger partial charge in [0.15, 0.2) is 22.4 Å². The normalized spacial score (nSPS) is 19.4. The van der Waals surface area contributed by atoms with Gasteiger partial charge in [-0.05, 0) is 49.2 Å². The van der Waals surface area contributed by atoms with Crippen LogP contribution in [0.3, 0.4) is 0 Å². The van der Waals surface area contributed by atoms with E-state index >= 15 is 0 Å². The fourth-order valence-corrected chi connectivity index (χ4v) is 3.61. The first-order valence-corrected chi connectivity index (χ1v) is 9.22. The molecule has 3 rings (SSSR count). The lowest BCUT2D eigenvalue weighted by atomic mass is 9.85. The number of nitrogens with one attached hydrogen (secondary N) is 2. The second-order valence-corrected chi connectivity index (χ2v) is 6.71. The summed E-state index contributed by atoms with van der Waals surface area (Å²) in [7, 11) is 3.18. The highest BCUT2D eigenvalue weighted by Gasteiger charge is 2.34. The molecule has 26 heavy (non-hydrogen) atoms. The lowest BCUT2D eigenvalue weighted by Gasteiger charge is -2.34. The van der Waals surface area contributed by atoms with Gasteiger partial charge in [-0.15, -0.1) is 0 Å². The number of methoxy groups -OCH3 is 2. The van der Waals surface area contributed by atoms with Crippen molar-refractivity contribution in [2.75, 3.05) is 20.8 Å². The Morgan fingerprint density at radius 3 is 2.50 bits per heavy atom. The van der Waals surface area contributed by atoms with Gasteiger partial charge < -0.3 is 24.8 Å². The first kappa shape index (κ1) is 18.5. The average molecular weight is 376 g/mol. The molecule has 0 aromatic heterocycles. The van der Waals surface area contributed by atoms with Gasteiger partial charge in [-0.25, -0.2) is 0 Å². The zero-order valence-electron chi connectivity index (χ0n) is 15.3. The summed E-state index contributed by atoms with van der Waals surface area (Å²) in [5.41, 5.74) is 2.52. The van der Waals surface area contributed by atoms with Crippen LogP contribution in [-0.2, 0) is 4.79 Å². The van der Waals surface area contributed by atoms with E-state index in [1.807, 2.05) is 19.1 Å². The number of hydrogen-bond acceptors (Lipinski definition) is 5. The highest BCUT2D eigenvalue weighted by molar-refractivity contribution is 7.80. The number of hydrogen-bond donors (Lipinski definition) is 2. The topological polar surface area (TPSA) is 68.8 Å². The molecule has 0 bridgehead atoms. The fourth-order valence-electron chi connectivity index (χ4n) is 3.37. The van der Waals surface area contributed by atoms with Crippen LogP contribution in [0.5, 0.6) is 17.2 Å². The highest BCUT2D eigenvalue weighted by Crippen LogP contribution is 2.42. The molecule has 1 heterocycles. The van der Waals surface area contributed by atoms with Gasteiger partial charge in [-0.1, -0.05) is 6.92 Å². The van der Waals surface area contributed by atoms with Gasteiger partial charge in [0, 0.05) is 17.7 Å². The standard InChI is InChI=1S/C19H24N2O4S/c1-4-8-25-18-14(23-2)9-11(10-15(18)24-3)17-16-12(20-19(26)21-17)6-5-7-13(16)22/h9-10,17H,4-8H2,1-3H3,(H2,20,21,26). The molecule has 6 nitrogen and oxygen atoms in total. The molecule has 1 unspecified atom stereocenters. The molecule has 1 aromatic carbocycles. The van der Waals surface area contributed by atoms with Crippen molar-refractivity contribution >= 4 is 23.1 Å². The fraction of sp³-hybridized carbons (Fsp3) is 0.474. The summed E-state index contributed by atoms with van der Waals surface area (Å²) in [6.45, 7) is 2.60. The number of ether oxygens (including phenoxy) is 3. The third-order valence-corrected chi connectivity index (χ3v) is 4.77. The quantitative estimate of drug-likeness (QED) is 0.740. The van der Waals surface area contributed by atoms with Crippen LogP contribution in [0.15, 0.2) is 23.4 Å². The number of rotatable bonds is 6. The summed E-state index contributed by atoms with van der Waals surface area (Å²) in [6, 6.07) is 3.44. The van der Waals surface area contributed by atoms with Crippen LogP contribution < -0.4 is 24.8 Å². The molecule has 0 radical (unpaired) electrons. The summed E-state index contributed by atoms with van der Waals surface area (Å²) >= 11 is 5.34. The third-order valence-electron chi connectivity index (χ3n) is 4.55. The third kappa shape index (κ3) is 3.49. The van der Waals surface area contributed by atoms with E-state index in [2.05, 4.69) is 10.6 Å². The monoisotopic (exact) mass is 376 g/mol. The largest absolute Gasteiger partial charge is 0.493 e. The Hall–Kier alpha value is -2.28. The summed E-state index contributed by atoms with van der Waals surface area (Å²) in [4.78, 5) is 12.6. The van der Waals surface area contributed by atoms with Gasteiger partial charge >= 0.3 is 0 Å². The lowest BCUT2D eigenvalue weighted by Crippen LogP contribution is -2.46. The number of ketones is 1. The first-order chi connectivity index (χ1) is 12.6. The van der Waals surface area contributed by atoms with Crippen LogP contribution in [0.25, 0.3) is 0 Å². The Morgan fingerprint density at radius 1 is 1.19 bits per heavy atom. The second-order valence-electron chi connectivity index (χ2n) is 6.30. The van der Waals surface area contributed by atoms with E-state index in [9.17, 15) is 4.79 Å².